The van der Waals surface area contributed by atoms with Gasteiger partial charge in [-0.15, -0.1) is 0 Å². The van der Waals surface area contributed by atoms with E-state index in [0.29, 0.717) is 24.4 Å². The second-order valence-electron chi connectivity index (χ2n) is 11.1. The summed E-state index contributed by atoms with van der Waals surface area (Å²) in [4.78, 5) is 48.2. The molecule has 41 heavy (non-hydrogen) atoms. The van der Waals surface area contributed by atoms with Crippen LogP contribution in [0.4, 0.5) is 11.4 Å². The second-order valence-corrected chi connectivity index (χ2v) is 11.1. The van der Waals surface area contributed by atoms with Crippen LogP contribution < -0.4 is 14.5 Å². The Bertz CT molecular complexity index is 1410. The van der Waals surface area contributed by atoms with Crippen molar-refractivity contribution < 1.29 is 29.0 Å². The van der Waals surface area contributed by atoms with Gasteiger partial charge in [0.15, 0.2) is 0 Å². The molecular weight excluding hydrogens is 522 g/mol. The van der Waals surface area contributed by atoms with Crippen LogP contribution in [0.25, 0.3) is 0 Å². The van der Waals surface area contributed by atoms with Crippen molar-refractivity contribution in [1.29, 1.82) is 0 Å². The zero-order valence-corrected chi connectivity index (χ0v) is 23.5. The zero-order valence-electron chi connectivity index (χ0n) is 23.5. The standard InChI is InChI=1S/C32H35N3O6/c1-4-31-16-8-18-33(22-10-6-5-7-11-22)28(37)25(31)26-29(38)35(21(2)20-36)27-30(39)34(19-9-17-32(26,27)41-31)23-12-14-24(40-3)15-13-23/h5-17,21,25-27,36H,4,18-20H2,1-3H3/t21-,25-,26+,27?,31+,32+/m1/s1. The zero-order chi connectivity index (χ0) is 28.9. The fraction of sp³-hybridized carbons (Fsp3) is 0.406. The summed E-state index contributed by atoms with van der Waals surface area (Å²) in [5.74, 6) is -2.04. The Labute approximate surface area is 239 Å². The Hall–Kier alpha value is -3.95. The van der Waals surface area contributed by atoms with Gasteiger partial charge in [0.1, 0.15) is 17.4 Å². The second kappa shape index (κ2) is 10.2. The van der Waals surface area contributed by atoms with E-state index in [1.54, 1.807) is 48.1 Å². The fourth-order valence-corrected chi connectivity index (χ4v) is 7.10. The minimum Gasteiger partial charge on any atom is -0.497 e. The summed E-state index contributed by atoms with van der Waals surface area (Å²) in [6, 6.07) is 14.8. The molecule has 0 aromatic heterocycles. The number of carbonyl (C=O) groups excluding carboxylic acids is 3. The van der Waals surface area contributed by atoms with E-state index < -0.39 is 35.1 Å². The Morgan fingerprint density at radius 1 is 0.902 bits per heavy atom. The van der Waals surface area contributed by atoms with Crippen LogP contribution in [0, 0.1) is 11.8 Å². The molecule has 1 spiro atoms. The molecule has 9 heteroatoms. The number of benzene rings is 2. The van der Waals surface area contributed by atoms with Crippen molar-refractivity contribution in [1.82, 2.24) is 4.90 Å². The van der Waals surface area contributed by atoms with E-state index in [1.165, 1.54) is 4.90 Å². The molecule has 214 valence electrons. The number of methoxy groups -OCH3 is 1. The SMILES string of the molecule is CC[C@]12C=CCN(c3ccccc3)C(=O)[C@H]1[C@H]1C(=O)N([C@H](C)CO)C3C(=O)N(c4ccc(OC)cc4)CC=C[C@@]31O2. The molecule has 2 aromatic carbocycles. The molecule has 0 aliphatic carbocycles. The molecule has 6 atom stereocenters. The van der Waals surface area contributed by atoms with Gasteiger partial charge >= 0.3 is 0 Å². The molecular formula is C32H35N3O6. The molecule has 0 bridgehead atoms. The third-order valence-electron chi connectivity index (χ3n) is 9.07. The minimum absolute atomic E-state index is 0.215. The van der Waals surface area contributed by atoms with Gasteiger partial charge in [-0.1, -0.05) is 49.4 Å². The van der Waals surface area contributed by atoms with Gasteiger partial charge in [0.2, 0.25) is 11.8 Å². The molecule has 4 aliphatic rings. The molecule has 1 unspecified atom stereocenters. The lowest BCUT2D eigenvalue weighted by molar-refractivity contribution is -0.148. The summed E-state index contributed by atoms with van der Waals surface area (Å²) < 4.78 is 12.3. The number of fused-ring (bicyclic) bond motifs is 2. The molecule has 3 amide bonds. The Kier molecular flexibility index (Phi) is 6.74. The monoisotopic (exact) mass is 557 g/mol. The fourth-order valence-electron chi connectivity index (χ4n) is 7.10. The van der Waals surface area contributed by atoms with Crippen LogP contribution in [0.3, 0.4) is 0 Å². The van der Waals surface area contributed by atoms with Gasteiger partial charge in [0.25, 0.3) is 5.91 Å². The molecule has 4 heterocycles. The van der Waals surface area contributed by atoms with E-state index in [0.717, 1.165) is 5.69 Å². The first-order valence-corrected chi connectivity index (χ1v) is 14.1. The van der Waals surface area contributed by atoms with Crippen LogP contribution >= 0.6 is 0 Å². The lowest BCUT2D eigenvalue weighted by atomic mass is 9.73. The molecule has 4 aliphatic heterocycles. The molecule has 9 nitrogen and oxygen atoms in total. The quantitative estimate of drug-likeness (QED) is 0.549. The van der Waals surface area contributed by atoms with Gasteiger partial charge in [-0.25, -0.2) is 0 Å². The number of amides is 3. The number of anilines is 2. The van der Waals surface area contributed by atoms with E-state index in [2.05, 4.69) is 0 Å². The number of aliphatic hydroxyl groups excluding tert-OH is 1. The maximum atomic E-state index is 14.5. The van der Waals surface area contributed by atoms with Crippen LogP contribution in [0.2, 0.25) is 0 Å². The maximum absolute atomic E-state index is 14.5. The molecule has 2 aromatic rings. The van der Waals surface area contributed by atoms with Crippen LogP contribution in [-0.4, -0.2) is 77.8 Å². The number of para-hydroxylation sites is 1. The molecule has 0 radical (unpaired) electrons. The van der Waals surface area contributed by atoms with Crippen LogP contribution in [0.15, 0.2) is 78.9 Å². The van der Waals surface area contributed by atoms with Gasteiger partial charge in [0, 0.05) is 24.5 Å². The first kappa shape index (κ1) is 27.2. The largest absolute Gasteiger partial charge is 0.497 e. The number of hydrogen-bond donors (Lipinski definition) is 1. The average Bonchev–Trinajstić information content (AvgIpc) is 3.30. The smallest absolute Gasteiger partial charge is 0.253 e. The molecule has 1 N–H and O–H groups in total. The van der Waals surface area contributed by atoms with Crippen molar-refractivity contribution >= 4 is 29.1 Å². The summed E-state index contributed by atoms with van der Waals surface area (Å²) in [6.45, 7) is 3.93. The molecule has 6 rings (SSSR count). The van der Waals surface area contributed by atoms with E-state index in [-0.39, 0.29) is 30.9 Å². The van der Waals surface area contributed by atoms with E-state index in [1.807, 2.05) is 61.6 Å². The molecule has 2 fully saturated rings. The highest BCUT2D eigenvalue weighted by molar-refractivity contribution is 6.07. The Balaban J connectivity index is 1.49. The third-order valence-corrected chi connectivity index (χ3v) is 9.07. The van der Waals surface area contributed by atoms with Crippen molar-refractivity contribution in [3.05, 3.63) is 78.9 Å². The summed E-state index contributed by atoms with van der Waals surface area (Å²) in [5, 5.41) is 10.2. The number of rotatable bonds is 6. The van der Waals surface area contributed by atoms with Gasteiger partial charge in [-0.05, 0) is 49.7 Å². The lowest BCUT2D eigenvalue weighted by Gasteiger charge is -2.40. The Morgan fingerprint density at radius 2 is 1.54 bits per heavy atom. The highest BCUT2D eigenvalue weighted by Crippen LogP contribution is 2.59. The predicted octanol–water partition coefficient (Wildman–Crippen LogP) is 2.94. The van der Waals surface area contributed by atoms with Crippen LogP contribution in [-0.2, 0) is 19.1 Å². The number of ether oxygens (including phenoxy) is 2. The first-order chi connectivity index (χ1) is 19.8. The highest BCUT2D eigenvalue weighted by Gasteiger charge is 2.75. The topological polar surface area (TPSA) is 99.6 Å². The average molecular weight is 558 g/mol. The number of nitrogens with zero attached hydrogens (tertiary/aromatic N) is 3. The number of aliphatic hydroxyl groups is 1. The lowest BCUT2D eigenvalue weighted by Crippen LogP contribution is -2.58. The van der Waals surface area contributed by atoms with Gasteiger partial charge < -0.3 is 29.3 Å². The van der Waals surface area contributed by atoms with Crippen molar-refractivity contribution in [2.45, 2.75) is 43.6 Å². The highest BCUT2D eigenvalue weighted by atomic mass is 16.5. The van der Waals surface area contributed by atoms with Crippen molar-refractivity contribution in [3.8, 4) is 5.75 Å². The van der Waals surface area contributed by atoms with Crippen LogP contribution in [0.5, 0.6) is 5.75 Å². The van der Waals surface area contributed by atoms with E-state index in [9.17, 15) is 19.5 Å². The maximum Gasteiger partial charge on any atom is 0.253 e. The predicted molar refractivity (Wildman–Crippen MR) is 153 cm³/mol. The molecule has 0 saturated carbocycles. The number of hydrogen-bond acceptors (Lipinski definition) is 6. The number of carbonyl (C=O) groups is 3. The number of likely N-dealkylation sites (tertiary alicyclic amines) is 1. The van der Waals surface area contributed by atoms with Gasteiger partial charge in [-0.3, -0.25) is 14.4 Å². The third kappa shape index (κ3) is 3.94. The van der Waals surface area contributed by atoms with Crippen LogP contribution in [0.1, 0.15) is 20.3 Å². The summed E-state index contributed by atoms with van der Waals surface area (Å²) in [7, 11) is 1.58. The molecule has 2 saturated heterocycles. The summed E-state index contributed by atoms with van der Waals surface area (Å²) in [5.41, 5.74) is -1.09. The normalized spacial score (nSPS) is 31.5. The summed E-state index contributed by atoms with van der Waals surface area (Å²) >= 11 is 0. The minimum atomic E-state index is -1.39. The van der Waals surface area contributed by atoms with Gasteiger partial charge in [-0.2, -0.15) is 0 Å². The van der Waals surface area contributed by atoms with Gasteiger partial charge in [0.05, 0.1) is 37.2 Å². The first-order valence-electron chi connectivity index (χ1n) is 14.1. The van der Waals surface area contributed by atoms with Crippen molar-refractivity contribution in [2.75, 3.05) is 36.6 Å². The van der Waals surface area contributed by atoms with Crippen molar-refractivity contribution in [3.63, 3.8) is 0 Å². The Morgan fingerprint density at radius 3 is 2.17 bits per heavy atom. The van der Waals surface area contributed by atoms with E-state index >= 15 is 0 Å². The van der Waals surface area contributed by atoms with Crippen molar-refractivity contribution in [2.24, 2.45) is 11.8 Å². The summed E-state index contributed by atoms with van der Waals surface area (Å²) in [6.07, 6.45) is 7.96. The van der Waals surface area contributed by atoms with E-state index in [4.69, 9.17) is 9.47 Å².